The Kier molecular flexibility index (Phi) is 3.53. The monoisotopic (exact) mass is 270 g/mol. The number of thiophene rings is 1. The molecule has 1 N–H and O–H groups in total. The van der Waals surface area contributed by atoms with Crippen LogP contribution in [0.3, 0.4) is 0 Å². The highest BCUT2D eigenvalue weighted by Gasteiger charge is 2.12. The van der Waals surface area contributed by atoms with Gasteiger partial charge >= 0.3 is 0 Å². The molecule has 1 aromatic carbocycles. The number of hydrogen-bond acceptors (Lipinski definition) is 4. The van der Waals surface area contributed by atoms with Crippen LogP contribution in [-0.4, -0.2) is 15.1 Å². The maximum Gasteiger partial charge on any atom is 0.0944 e. The predicted molar refractivity (Wildman–Crippen MR) is 77.1 cm³/mol. The summed E-state index contributed by atoms with van der Waals surface area (Å²) in [5.74, 6) is 0. The zero-order valence-corrected chi connectivity index (χ0v) is 11.2. The van der Waals surface area contributed by atoms with Crippen LogP contribution in [0.1, 0.15) is 23.0 Å². The second-order valence-corrected chi connectivity index (χ2v) is 5.44. The van der Waals surface area contributed by atoms with Crippen molar-refractivity contribution in [3.63, 3.8) is 0 Å². The summed E-state index contributed by atoms with van der Waals surface area (Å²) in [5.41, 5.74) is 2.49. The Morgan fingerprint density at radius 3 is 2.84 bits per heavy atom. The summed E-state index contributed by atoms with van der Waals surface area (Å²) >= 11 is 1.72. The van der Waals surface area contributed by atoms with Crippen molar-refractivity contribution in [2.45, 2.75) is 18.9 Å². The van der Waals surface area contributed by atoms with E-state index in [9.17, 15) is 5.11 Å². The molecule has 0 radical (unpaired) electrons. The lowest BCUT2D eigenvalue weighted by molar-refractivity contribution is 0.169. The van der Waals surface area contributed by atoms with E-state index < -0.39 is 6.10 Å². The summed E-state index contributed by atoms with van der Waals surface area (Å²) in [4.78, 5) is 9.89. The van der Waals surface area contributed by atoms with Gasteiger partial charge in [0.25, 0.3) is 0 Å². The van der Waals surface area contributed by atoms with Crippen LogP contribution < -0.4 is 0 Å². The van der Waals surface area contributed by atoms with Gasteiger partial charge in [0.1, 0.15) is 0 Å². The molecular formula is C15H14N2OS. The predicted octanol–water partition coefficient (Wildman–Crippen LogP) is 3.36. The Balaban J connectivity index is 1.83. The quantitative estimate of drug-likeness (QED) is 0.790. The Hall–Kier alpha value is -1.78. The standard InChI is InChI=1S/C15H14N2OS/c18-14(7-6-11-3-2-10-19-11)12-4-1-5-13-15(12)17-9-8-16-13/h1-5,8-10,14,18H,6-7H2. The topological polar surface area (TPSA) is 46.0 Å². The van der Waals surface area contributed by atoms with Crippen molar-refractivity contribution in [3.05, 3.63) is 58.5 Å². The normalized spacial score (nSPS) is 12.7. The van der Waals surface area contributed by atoms with Gasteiger partial charge in [0.2, 0.25) is 0 Å². The summed E-state index contributed by atoms with van der Waals surface area (Å²) < 4.78 is 0. The van der Waals surface area contributed by atoms with Gasteiger partial charge in [-0.25, -0.2) is 0 Å². The summed E-state index contributed by atoms with van der Waals surface area (Å²) in [6.07, 6.45) is 4.43. The molecule has 1 atom stereocenters. The summed E-state index contributed by atoms with van der Waals surface area (Å²) in [7, 11) is 0. The molecule has 96 valence electrons. The van der Waals surface area contributed by atoms with E-state index in [1.807, 2.05) is 24.3 Å². The van der Waals surface area contributed by atoms with Crippen LogP contribution in [0.25, 0.3) is 11.0 Å². The third kappa shape index (κ3) is 2.64. The number of nitrogens with zero attached hydrogens (tertiary/aromatic N) is 2. The van der Waals surface area contributed by atoms with E-state index in [1.165, 1.54) is 4.88 Å². The first-order chi connectivity index (χ1) is 9.34. The molecule has 0 bridgehead atoms. The molecule has 0 fully saturated rings. The lowest BCUT2D eigenvalue weighted by atomic mass is 10.0. The molecule has 1 unspecified atom stereocenters. The van der Waals surface area contributed by atoms with Crippen LogP contribution in [0.5, 0.6) is 0 Å². The highest BCUT2D eigenvalue weighted by atomic mass is 32.1. The first-order valence-electron chi connectivity index (χ1n) is 6.24. The van der Waals surface area contributed by atoms with Crippen LogP contribution in [0, 0.1) is 0 Å². The van der Waals surface area contributed by atoms with E-state index in [-0.39, 0.29) is 0 Å². The zero-order valence-electron chi connectivity index (χ0n) is 10.4. The van der Waals surface area contributed by atoms with Crippen molar-refractivity contribution >= 4 is 22.4 Å². The third-order valence-corrected chi connectivity index (χ3v) is 4.07. The Bertz CT molecular complexity index is 661. The number of aliphatic hydroxyl groups excluding tert-OH is 1. The van der Waals surface area contributed by atoms with Crippen LogP contribution >= 0.6 is 11.3 Å². The maximum absolute atomic E-state index is 10.4. The van der Waals surface area contributed by atoms with Crippen molar-refractivity contribution in [3.8, 4) is 0 Å². The number of aliphatic hydroxyl groups is 1. The molecule has 0 amide bonds. The summed E-state index contributed by atoms with van der Waals surface area (Å²) in [5, 5.41) is 12.4. The van der Waals surface area contributed by atoms with Crippen LogP contribution in [0.15, 0.2) is 48.1 Å². The fraction of sp³-hybridized carbons (Fsp3) is 0.200. The average Bonchev–Trinajstić information content (AvgIpc) is 2.97. The maximum atomic E-state index is 10.4. The van der Waals surface area contributed by atoms with Crippen molar-refractivity contribution in [1.82, 2.24) is 9.97 Å². The highest BCUT2D eigenvalue weighted by molar-refractivity contribution is 7.09. The van der Waals surface area contributed by atoms with Crippen LogP contribution in [0.4, 0.5) is 0 Å². The van der Waals surface area contributed by atoms with Crippen molar-refractivity contribution in [1.29, 1.82) is 0 Å². The molecule has 0 aliphatic rings. The van der Waals surface area contributed by atoms with Crippen LogP contribution in [-0.2, 0) is 6.42 Å². The minimum Gasteiger partial charge on any atom is -0.388 e. The molecule has 2 heterocycles. The number of hydrogen-bond donors (Lipinski definition) is 1. The number of fused-ring (bicyclic) bond motifs is 1. The first-order valence-corrected chi connectivity index (χ1v) is 7.12. The number of para-hydroxylation sites is 1. The number of rotatable bonds is 4. The van der Waals surface area contributed by atoms with E-state index in [0.717, 1.165) is 23.0 Å². The van der Waals surface area contributed by atoms with Gasteiger partial charge in [0, 0.05) is 22.8 Å². The lowest BCUT2D eigenvalue weighted by Gasteiger charge is -2.12. The third-order valence-electron chi connectivity index (χ3n) is 3.13. The van der Waals surface area contributed by atoms with Gasteiger partial charge in [0.05, 0.1) is 17.1 Å². The average molecular weight is 270 g/mol. The smallest absolute Gasteiger partial charge is 0.0944 e. The molecule has 3 rings (SSSR count). The SMILES string of the molecule is OC(CCc1cccs1)c1cccc2nccnc12. The van der Waals surface area contributed by atoms with E-state index in [0.29, 0.717) is 6.42 Å². The van der Waals surface area contributed by atoms with E-state index in [4.69, 9.17) is 0 Å². The highest BCUT2D eigenvalue weighted by Crippen LogP contribution is 2.25. The second-order valence-electron chi connectivity index (χ2n) is 4.41. The van der Waals surface area contributed by atoms with E-state index in [1.54, 1.807) is 23.7 Å². The number of aryl methyl sites for hydroxylation is 1. The lowest BCUT2D eigenvalue weighted by Crippen LogP contribution is -2.01. The van der Waals surface area contributed by atoms with Gasteiger partial charge in [-0.3, -0.25) is 9.97 Å². The van der Waals surface area contributed by atoms with Gasteiger partial charge in [-0.2, -0.15) is 0 Å². The fourth-order valence-corrected chi connectivity index (χ4v) is 2.90. The molecule has 2 aromatic heterocycles. The van der Waals surface area contributed by atoms with Crippen molar-refractivity contribution in [2.24, 2.45) is 0 Å². The van der Waals surface area contributed by atoms with Crippen molar-refractivity contribution < 1.29 is 5.11 Å². The van der Waals surface area contributed by atoms with Gasteiger partial charge in [0.15, 0.2) is 0 Å². The number of benzene rings is 1. The van der Waals surface area contributed by atoms with Crippen LogP contribution in [0.2, 0.25) is 0 Å². The summed E-state index contributed by atoms with van der Waals surface area (Å²) in [6, 6.07) is 9.89. The van der Waals surface area contributed by atoms with Crippen molar-refractivity contribution in [2.75, 3.05) is 0 Å². The molecule has 0 aliphatic carbocycles. The molecule has 3 aromatic rings. The molecule has 0 saturated carbocycles. The minimum absolute atomic E-state index is 0.498. The molecule has 4 heteroatoms. The molecule has 19 heavy (non-hydrogen) atoms. The first kappa shape index (κ1) is 12.3. The molecule has 3 nitrogen and oxygen atoms in total. The minimum atomic E-state index is -0.498. The van der Waals surface area contributed by atoms with Gasteiger partial charge in [-0.1, -0.05) is 18.2 Å². The molecule has 0 saturated heterocycles. The molecular weight excluding hydrogens is 256 g/mol. The second kappa shape index (κ2) is 5.47. The summed E-state index contributed by atoms with van der Waals surface area (Å²) in [6.45, 7) is 0. The largest absolute Gasteiger partial charge is 0.388 e. The fourth-order valence-electron chi connectivity index (χ4n) is 2.17. The Labute approximate surface area is 115 Å². The Morgan fingerprint density at radius 1 is 1.11 bits per heavy atom. The van der Waals surface area contributed by atoms with Gasteiger partial charge in [-0.05, 0) is 30.4 Å². The van der Waals surface area contributed by atoms with Gasteiger partial charge in [-0.15, -0.1) is 11.3 Å². The van der Waals surface area contributed by atoms with E-state index in [2.05, 4.69) is 21.4 Å². The van der Waals surface area contributed by atoms with E-state index >= 15 is 0 Å². The molecule has 0 aliphatic heterocycles. The van der Waals surface area contributed by atoms with Gasteiger partial charge < -0.3 is 5.11 Å². The Morgan fingerprint density at radius 2 is 2.00 bits per heavy atom. The zero-order chi connectivity index (χ0) is 13.1. The molecule has 0 spiro atoms. The number of aromatic nitrogens is 2.